The molecule has 0 atom stereocenters. The van der Waals surface area contributed by atoms with Gasteiger partial charge in [0.1, 0.15) is 0 Å². The van der Waals surface area contributed by atoms with Crippen LogP contribution in [0.2, 0.25) is 0 Å². The molecule has 0 spiro atoms. The summed E-state index contributed by atoms with van der Waals surface area (Å²) in [5, 5.41) is 16.2. The van der Waals surface area contributed by atoms with Gasteiger partial charge in [-0.3, -0.25) is 0 Å². The monoisotopic (exact) mass is 437 g/mol. The van der Waals surface area contributed by atoms with Gasteiger partial charge in [0.25, 0.3) is 0 Å². The number of nitrogens with zero attached hydrogens (tertiary/aromatic N) is 3. The van der Waals surface area contributed by atoms with Crippen molar-refractivity contribution < 1.29 is 9.90 Å². The number of benzene rings is 3. The van der Waals surface area contributed by atoms with Crippen molar-refractivity contribution in [2.24, 2.45) is 0 Å². The third-order valence-corrected chi connectivity index (χ3v) is 6.14. The molecule has 0 bridgehead atoms. The molecule has 2 aromatic heterocycles. The fourth-order valence-corrected chi connectivity index (χ4v) is 4.51. The van der Waals surface area contributed by atoms with E-state index in [1.54, 1.807) is 10.1 Å². The van der Waals surface area contributed by atoms with E-state index in [0.29, 0.717) is 5.13 Å². The maximum Gasteiger partial charge on any atom is 0.355 e. The third-order valence-electron chi connectivity index (χ3n) is 5.33. The second kappa shape index (κ2) is 8.24. The number of thiazole rings is 1. The van der Waals surface area contributed by atoms with Gasteiger partial charge in [0.15, 0.2) is 5.69 Å². The van der Waals surface area contributed by atoms with Crippen LogP contribution in [0.5, 0.6) is 0 Å². The molecule has 0 aliphatic carbocycles. The first kappa shape index (κ1) is 19.9. The van der Waals surface area contributed by atoms with E-state index in [-0.39, 0.29) is 5.69 Å². The molecule has 5 rings (SSSR count). The number of carboxylic acids is 1. The lowest BCUT2D eigenvalue weighted by molar-refractivity contribution is 0.0691. The highest BCUT2D eigenvalue weighted by atomic mass is 32.1. The lowest BCUT2D eigenvalue weighted by Crippen LogP contribution is -2.02. The van der Waals surface area contributed by atoms with Crippen LogP contribution in [-0.4, -0.2) is 25.8 Å². The average Bonchev–Trinajstić information content (AvgIpc) is 3.45. The molecular weight excluding hydrogens is 418 g/mol. The first-order chi connectivity index (χ1) is 15.6. The highest BCUT2D eigenvalue weighted by Gasteiger charge is 2.21. The molecule has 0 amide bonds. The van der Waals surface area contributed by atoms with Crippen molar-refractivity contribution in [3.63, 3.8) is 0 Å². The van der Waals surface area contributed by atoms with Crippen molar-refractivity contribution in [2.45, 2.75) is 6.92 Å². The Bertz CT molecular complexity index is 1390. The zero-order valence-electron chi connectivity index (χ0n) is 17.3. The molecule has 0 fully saturated rings. The summed E-state index contributed by atoms with van der Waals surface area (Å²) in [6, 6.07) is 28.5. The predicted octanol–water partition coefficient (Wildman–Crippen LogP) is 6.34. The SMILES string of the molecule is Cc1c(-c2ccccc2)nn(-c2nc(C(=O)O)cs2)c1-c1ccc(-c2ccccc2)cc1. The molecule has 156 valence electrons. The van der Waals surface area contributed by atoms with Crippen LogP contribution in [0.25, 0.3) is 38.8 Å². The van der Waals surface area contributed by atoms with Crippen LogP contribution in [0.1, 0.15) is 16.1 Å². The molecule has 32 heavy (non-hydrogen) atoms. The average molecular weight is 438 g/mol. The first-order valence-corrected chi connectivity index (χ1v) is 11.0. The van der Waals surface area contributed by atoms with E-state index < -0.39 is 5.97 Å². The van der Waals surface area contributed by atoms with Crippen LogP contribution >= 0.6 is 11.3 Å². The van der Waals surface area contributed by atoms with Gasteiger partial charge >= 0.3 is 5.97 Å². The van der Waals surface area contributed by atoms with Gasteiger partial charge in [0.05, 0.1) is 11.4 Å². The van der Waals surface area contributed by atoms with E-state index in [2.05, 4.69) is 41.4 Å². The summed E-state index contributed by atoms with van der Waals surface area (Å²) in [5.74, 6) is -1.05. The second-order valence-corrected chi connectivity index (χ2v) is 8.20. The molecule has 0 unspecified atom stereocenters. The number of hydrogen-bond acceptors (Lipinski definition) is 4. The molecule has 3 aromatic carbocycles. The van der Waals surface area contributed by atoms with Gasteiger partial charge in [0, 0.05) is 22.1 Å². The molecule has 0 radical (unpaired) electrons. The lowest BCUT2D eigenvalue weighted by atomic mass is 10.00. The van der Waals surface area contributed by atoms with Gasteiger partial charge in [0.2, 0.25) is 5.13 Å². The molecule has 5 nitrogen and oxygen atoms in total. The number of rotatable bonds is 5. The third kappa shape index (κ3) is 3.61. The molecule has 5 aromatic rings. The van der Waals surface area contributed by atoms with E-state index in [9.17, 15) is 9.90 Å². The van der Waals surface area contributed by atoms with Crippen molar-refractivity contribution in [3.8, 4) is 38.8 Å². The Kier molecular flexibility index (Phi) is 5.13. The lowest BCUT2D eigenvalue weighted by Gasteiger charge is -2.08. The topological polar surface area (TPSA) is 68.0 Å². The van der Waals surface area contributed by atoms with E-state index in [1.165, 1.54) is 11.3 Å². The van der Waals surface area contributed by atoms with Gasteiger partial charge in [-0.05, 0) is 18.1 Å². The smallest absolute Gasteiger partial charge is 0.355 e. The zero-order valence-corrected chi connectivity index (χ0v) is 18.1. The molecule has 2 heterocycles. The summed E-state index contributed by atoms with van der Waals surface area (Å²) >= 11 is 1.27. The summed E-state index contributed by atoms with van der Waals surface area (Å²) in [4.78, 5) is 15.7. The molecule has 6 heteroatoms. The normalized spacial score (nSPS) is 10.9. The van der Waals surface area contributed by atoms with E-state index in [1.807, 2.05) is 55.5 Å². The molecular formula is C26H19N3O2S. The Morgan fingerprint density at radius 2 is 1.38 bits per heavy atom. The fourth-order valence-electron chi connectivity index (χ4n) is 3.75. The van der Waals surface area contributed by atoms with E-state index in [4.69, 9.17) is 5.10 Å². The zero-order chi connectivity index (χ0) is 22.1. The van der Waals surface area contributed by atoms with E-state index >= 15 is 0 Å². The number of carbonyl (C=O) groups is 1. The van der Waals surface area contributed by atoms with Crippen molar-refractivity contribution in [1.82, 2.24) is 14.8 Å². The quantitative estimate of drug-likeness (QED) is 0.348. The summed E-state index contributed by atoms with van der Waals surface area (Å²) in [5.41, 5.74) is 7.05. The van der Waals surface area contributed by atoms with Crippen molar-refractivity contribution in [1.29, 1.82) is 0 Å². The minimum absolute atomic E-state index is 0.0183. The number of hydrogen-bond donors (Lipinski definition) is 1. The maximum absolute atomic E-state index is 11.4. The number of aromatic carboxylic acids is 1. The largest absolute Gasteiger partial charge is 0.476 e. The Morgan fingerprint density at radius 3 is 1.97 bits per heavy atom. The molecule has 0 aliphatic heterocycles. The Morgan fingerprint density at radius 1 is 0.812 bits per heavy atom. The van der Waals surface area contributed by atoms with Gasteiger partial charge in [-0.25, -0.2) is 14.5 Å². The van der Waals surface area contributed by atoms with Crippen LogP contribution < -0.4 is 0 Å². The highest BCUT2D eigenvalue weighted by molar-refractivity contribution is 7.12. The van der Waals surface area contributed by atoms with Gasteiger partial charge in [-0.2, -0.15) is 5.10 Å². The summed E-state index contributed by atoms with van der Waals surface area (Å²) in [6.45, 7) is 2.04. The van der Waals surface area contributed by atoms with Crippen LogP contribution in [0.15, 0.2) is 90.3 Å². The summed E-state index contributed by atoms with van der Waals surface area (Å²) in [6.07, 6.45) is 0. The van der Waals surface area contributed by atoms with Crippen LogP contribution in [-0.2, 0) is 0 Å². The van der Waals surface area contributed by atoms with Gasteiger partial charge in [-0.15, -0.1) is 11.3 Å². The Balaban J connectivity index is 1.66. The number of carboxylic acid groups (broad SMARTS) is 1. The first-order valence-electron chi connectivity index (χ1n) is 10.1. The van der Waals surface area contributed by atoms with Gasteiger partial charge < -0.3 is 5.11 Å². The molecule has 0 aliphatic rings. The highest BCUT2D eigenvalue weighted by Crippen LogP contribution is 2.35. The Labute approximate surface area is 189 Å². The number of aromatic nitrogens is 3. The molecule has 1 N–H and O–H groups in total. The van der Waals surface area contributed by atoms with Crippen molar-refractivity contribution in [2.75, 3.05) is 0 Å². The minimum atomic E-state index is -1.05. The fraction of sp³-hybridized carbons (Fsp3) is 0.0385. The maximum atomic E-state index is 11.4. The minimum Gasteiger partial charge on any atom is -0.476 e. The van der Waals surface area contributed by atoms with E-state index in [0.717, 1.165) is 39.2 Å². The summed E-state index contributed by atoms with van der Waals surface area (Å²) < 4.78 is 1.76. The van der Waals surface area contributed by atoms with Crippen molar-refractivity contribution >= 4 is 17.3 Å². The van der Waals surface area contributed by atoms with Crippen LogP contribution in [0.3, 0.4) is 0 Å². The Hall–Kier alpha value is -4.03. The van der Waals surface area contributed by atoms with Crippen LogP contribution in [0.4, 0.5) is 0 Å². The summed E-state index contributed by atoms with van der Waals surface area (Å²) in [7, 11) is 0. The van der Waals surface area contributed by atoms with Gasteiger partial charge in [-0.1, -0.05) is 84.9 Å². The molecule has 0 saturated carbocycles. The van der Waals surface area contributed by atoms with Crippen LogP contribution in [0, 0.1) is 6.92 Å². The molecule has 0 saturated heterocycles. The van der Waals surface area contributed by atoms with Crippen molar-refractivity contribution in [3.05, 3.63) is 102 Å². The predicted molar refractivity (Wildman–Crippen MR) is 127 cm³/mol. The standard InChI is InChI=1S/C26H19N3O2S/c1-17-23(20-10-6-3-7-11-20)28-29(26-27-22(16-32-26)25(30)31)24(17)21-14-12-19(13-15-21)18-8-4-2-5-9-18/h2-16H,1H3,(H,30,31). The second-order valence-electron chi connectivity index (χ2n) is 7.36.